The van der Waals surface area contributed by atoms with Crippen LogP contribution in [0.25, 0.3) is 66.5 Å². The Bertz CT molecular complexity index is 3630. The molecule has 8 aromatic heterocycles. The highest BCUT2D eigenvalue weighted by Crippen LogP contribution is 2.37. The van der Waals surface area contributed by atoms with Gasteiger partial charge in [-0.25, -0.2) is 14.8 Å². The van der Waals surface area contributed by atoms with Gasteiger partial charge in [-0.3, -0.25) is 14.8 Å². The van der Waals surface area contributed by atoms with Crippen molar-refractivity contribution in [2.45, 2.75) is 12.8 Å². The van der Waals surface area contributed by atoms with E-state index in [1.54, 1.807) is 38.9 Å². The molecule has 19 heteroatoms. The summed E-state index contributed by atoms with van der Waals surface area (Å²) in [5.41, 5.74) is 22.8. The van der Waals surface area contributed by atoms with Crippen LogP contribution in [0, 0.1) is 0 Å². The molecule has 69 heavy (non-hydrogen) atoms. The lowest BCUT2D eigenvalue weighted by Gasteiger charge is -2.26. The van der Waals surface area contributed by atoms with Gasteiger partial charge in [-0.15, -0.1) is 22.7 Å². The van der Waals surface area contributed by atoms with Crippen LogP contribution >= 0.6 is 45.9 Å². The van der Waals surface area contributed by atoms with Gasteiger partial charge in [0.2, 0.25) is 0 Å². The normalized spacial score (nSPS) is 13.7. The number of thiophene rings is 2. The van der Waals surface area contributed by atoms with E-state index in [1.807, 2.05) is 89.4 Å². The van der Waals surface area contributed by atoms with Gasteiger partial charge >= 0.3 is 5.97 Å². The predicted molar refractivity (Wildman–Crippen MR) is 276 cm³/mol. The van der Waals surface area contributed by atoms with Crippen molar-refractivity contribution in [3.63, 3.8) is 0 Å². The first-order chi connectivity index (χ1) is 33.6. The quantitative estimate of drug-likeness (QED) is 0.123. The number of fused-ring (bicyclic) bond motifs is 4. The highest BCUT2D eigenvalue weighted by molar-refractivity contribution is 7.12. The molecule has 0 fully saturated rings. The summed E-state index contributed by atoms with van der Waals surface area (Å²) in [7, 11) is 0. The number of nitrogens with zero attached hydrogens (tertiary/aromatic N) is 9. The molecule has 0 unspecified atom stereocenters. The summed E-state index contributed by atoms with van der Waals surface area (Å²) < 4.78 is 3.16. The Morgan fingerprint density at radius 3 is 1.67 bits per heavy atom. The molecule has 6 N–H and O–H groups in total. The van der Waals surface area contributed by atoms with Gasteiger partial charge in [-0.1, -0.05) is 83.9 Å². The Hall–Kier alpha value is -7.54. The lowest BCUT2D eigenvalue weighted by atomic mass is 10.0. The number of aromatic carboxylic acids is 1. The van der Waals surface area contributed by atoms with Gasteiger partial charge in [0.25, 0.3) is 5.91 Å². The van der Waals surface area contributed by atoms with Crippen LogP contribution in [0.5, 0.6) is 0 Å². The number of carbonyl (C=O) groups excluding carboxylic acids is 1. The number of nitrogen functional groups attached to an aromatic ring is 2. The summed E-state index contributed by atoms with van der Waals surface area (Å²) in [5.74, 6) is -0.0723. The van der Waals surface area contributed by atoms with Gasteiger partial charge in [0.05, 0.1) is 39.7 Å². The van der Waals surface area contributed by atoms with Crippen LogP contribution < -0.4 is 16.8 Å². The van der Waals surface area contributed by atoms with Gasteiger partial charge in [0, 0.05) is 65.1 Å². The fourth-order valence-electron chi connectivity index (χ4n) is 8.12. The summed E-state index contributed by atoms with van der Waals surface area (Å²) >= 11 is 15.8. The minimum Gasteiger partial charge on any atom is -0.477 e. The average Bonchev–Trinajstić information content (AvgIpc) is 4.25. The van der Waals surface area contributed by atoms with Gasteiger partial charge in [0.1, 0.15) is 26.6 Å². The van der Waals surface area contributed by atoms with E-state index in [4.69, 9.17) is 49.7 Å². The third-order valence-electron chi connectivity index (χ3n) is 11.7. The maximum absolute atomic E-state index is 12.7. The summed E-state index contributed by atoms with van der Waals surface area (Å²) in [5, 5.41) is 27.0. The Morgan fingerprint density at radius 1 is 0.667 bits per heavy atom. The summed E-state index contributed by atoms with van der Waals surface area (Å²) in [6.07, 6.45) is 12.8. The van der Waals surface area contributed by atoms with Crippen molar-refractivity contribution in [2.75, 3.05) is 37.6 Å². The first kappa shape index (κ1) is 45.3. The largest absolute Gasteiger partial charge is 0.477 e. The van der Waals surface area contributed by atoms with E-state index in [1.165, 1.54) is 22.7 Å². The molecule has 12 rings (SSSR count). The van der Waals surface area contributed by atoms with Crippen LogP contribution in [0.4, 0.5) is 11.6 Å². The zero-order valence-electron chi connectivity index (χ0n) is 36.5. The number of rotatable bonds is 6. The van der Waals surface area contributed by atoms with Crippen LogP contribution in [0.2, 0.25) is 10.0 Å². The Balaban J connectivity index is 0.000000141. The number of anilines is 2. The minimum absolute atomic E-state index is 0.0428. The molecule has 2 aliphatic heterocycles. The molecule has 0 saturated carbocycles. The molecule has 2 aliphatic rings. The summed E-state index contributed by atoms with van der Waals surface area (Å²) in [6.45, 7) is 2.79. The first-order valence-electron chi connectivity index (χ1n) is 21.7. The zero-order chi connectivity index (χ0) is 47.6. The number of halogens is 2. The molecule has 0 atom stereocenters. The van der Waals surface area contributed by atoms with Gasteiger partial charge < -0.3 is 26.8 Å². The number of pyridine rings is 2. The Labute approximate surface area is 412 Å². The topological polar surface area (TPSA) is 208 Å². The van der Waals surface area contributed by atoms with E-state index in [0.29, 0.717) is 63.1 Å². The number of nitrogens with two attached hydrogens (primary N) is 2. The van der Waals surface area contributed by atoms with Crippen molar-refractivity contribution in [1.82, 2.24) is 49.4 Å². The molecular weight excluding hydrogens is 952 g/mol. The average molecular weight is 992 g/mol. The van der Waals surface area contributed by atoms with Crippen molar-refractivity contribution in [2.24, 2.45) is 0 Å². The highest BCUT2D eigenvalue weighted by atomic mass is 35.5. The second-order valence-electron chi connectivity index (χ2n) is 15.9. The molecule has 10 aromatic rings. The highest BCUT2D eigenvalue weighted by Gasteiger charge is 2.25. The standard InChI is InChI=1S/C25H19ClN6OS.C20H17ClN6.C5H4O2S/c26-21-22(15-7-9-31(10-8-15)25(33)20-6-3-11-34-20)30-24-18(14-29-32(24)23(21)27)17-12-16-4-1-2-5-19(16)28-13-17;21-17-18(12-5-7-23-8-6-12)26-20-15(11-25-27(20)19(17)22)14-9-13-3-1-2-4-16(13)24-10-14;6-5(7)4-2-1-3-8-4/h1-7,11-14H,8-10,27H2;1-5,9-11,23H,6-8,22H2;1-3H,(H,6,7). The number of carboxylic acids is 1. The van der Waals surface area contributed by atoms with Crippen molar-refractivity contribution >= 4 is 114 Å². The summed E-state index contributed by atoms with van der Waals surface area (Å²) in [4.78, 5) is 44.6. The second-order valence-corrected chi connectivity index (χ2v) is 18.6. The molecule has 0 spiro atoms. The number of hydrogen-bond donors (Lipinski definition) is 4. The number of hydrogen-bond acceptors (Lipinski definition) is 13. The predicted octanol–water partition coefficient (Wildman–Crippen LogP) is 10.2. The third-order valence-corrected chi connectivity index (χ3v) is 14.1. The molecule has 0 bridgehead atoms. The van der Waals surface area contributed by atoms with E-state index in [0.717, 1.165) is 85.3 Å². The molecule has 15 nitrogen and oxygen atoms in total. The molecule has 1 amide bonds. The fourth-order valence-corrected chi connectivity index (χ4v) is 9.86. The zero-order valence-corrected chi connectivity index (χ0v) is 39.6. The molecule has 10 heterocycles. The molecular formula is C50H40Cl2N12O3S2. The lowest BCUT2D eigenvalue weighted by Crippen LogP contribution is -2.34. The number of nitrogens with one attached hydrogen (secondary N) is 1. The Morgan fingerprint density at radius 2 is 1.20 bits per heavy atom. The van der Waals surface area contributed by atoms with Crippen LogP contribution in [-0.2, 0) is 0 Å². The van der Waals surface area contributed by atoms with E-state index in [-0.39, 0.29) is 5.91 Å². The van der Waals surface area contributed by atoms with E-state index >= 15 is 0 Å². The fraction of sp³-hybridized carbons (Fsp3) is 0.120. The van der Waals surface area contributed by atoms with Crippen LogP contribution in [0.15, 0.2) is 133 Å². The number of benzene rings is 2. The summed E-state index contributed by atoms with van der Waals surface area (Å²) in [6, 6.07) is 27.2. The van der Waals surface area contributed by atoms with Gasteiger partial charge in [-0.2, -0.15) is 19.2 Å². The van der Waals surface area contributed by atoms with Crippen LogP contribution in [-0.4, -0.2) is 87.2 Å². The van der Waals surface area contributed by atoms with E-state index in [2.05, 4.69) is 43.7 Å². The second kappa shape index (κ2) is 19.6. The number of para-hydroxylation sites is 2. The smallest absolute Gasteiger partial charge is 0.345 e. The maximum Gasteiger partial charge on any atom is 0.345 e. The number of amides is 1. The van der Waals surface area contributed by atoms with Crippen molar-refractivity contribution in [1.29, 1.82) is 0 Å². The van der Waals surface area contributed by atoms with Gasteiger partial charge in [0.15, 0.2) is 11.3 Å². The first-order valence-corrected chi connectivity index (χ1v) is 24.2. The van der Waals surface area contributed by atoms with E-state index < -0.39 is 5.97 Å². The van der Waals surface area contributed by atoms with E-state index in [9.17, 15) is 9.59 Å². The maximum atomic E-state index is 12.7. The molecule has 344 valence electrons. The molecule has 0 saturated heterocycles. The van der Waals surface area contributed by atoms with Gasteiger partial charge in [-0.05, 0) is 77.7 Å². The van der Waals surface area contributed by atoms with Crippen LogP contribution in [0.3, 0.4) is 0 Å². The third kappa shape index (κ3) is 9.13. The number of carbonyl (C=O) groups is 2. The molecule has 0 radical (unpaired) electrons. The molecule has 0 aliphatic carbocycles. The monoisotopic (exact) mass is 990 g/mol. The number of carboxylic acid groups (broad SMARTS) is 1. The van der Waals surface area contributed by atoms with Crippen molar-refractivity contribution in [3.8, 4) is 22.3 Å². The lowest BCUT2D eigenvalue weighted by molar-refractivity contribution is 0.0701. The number of aromatic nitrogens is 8. The van der Waals surface area contributed by atoms with Crippen molar-refractivity contribution < 1.29 is 14.7 Å². The SMILES string of the molecule is Nc1c(Cl)c(C2=CCN(C(=O)c3cccs3)CC2)nc2c(-c3cnc4ccccc4c3)cnn12.Nc1c(Cl)c(C2=CCNCC2)nc2c(-c3cnc4ccccc4c3)cnn12.O=C(O)c1cccs1. The van der Waals surface area contributed by atoms with Crippen LogP contribution in [0.1, 0.15) is 43.6 Å². The molecule has 2 aromatic carbocycles. The van der Waals surface area contributed by atoms with Crippen molar-refractivity contribution in [3.05, 3.63) is 164 Å². The Kier molecular flexibility index (Phi) is 12.8. The minimum atomic E-state index is -0.847.